The van der Waals surface area contributed by atoms with Gasteiger partial charge in [0.15, 0.2) is 0 Å². The smallest absolute Gasteiger partial charge is 0.245 e. The van der Waals surface area contributed by atoms with Crippen molar-refractivity contribution in [3.05, 3.63) is 35.9 Å². The summed E-state index contributed by atoms with van der Waals surface area (Å²) in [5, 5.41) is 2.77. The number of nitrogens with one attached hydrogen (secondary N) is 1. The predicted octanol–water partition coefficient (Wildman–Crippen LogP) is 1.36. The molecule has 0 aromatic heterocycles. The van der Waals surface area contributed by atoms with Crippen LogP contribution in [0.5, 0.6) is 0 Å². The number of hydrogen-bond donors (Lipinski definition) is 2. The van der Waals surface area contributed by atoms with Gasteiger partial charge in [-0.3, -0.25) is 14.4 Å². The van der Waals surface area contributed by atoms with Crippen LogP contribution in [-0.4, -0.2) is 56.0 Å². The molecule has 156 valence electrons. The van der Waals surface area contributed by atoms with Gasteiger partial charge in [-0.15, -0.1) is 0 Å². The molecule has 1 unspecified atom stereocenters. The zero-order valence-corrected chi connectivity index (χ0v) is 17.3. The van der Waals surface area contributed by atoms with Crippen molar-refractivity contribution in [3.8, 4) is 0 Å². The second-order valence-electron chi connectivity index (χ2n) is 7.08. The fraction of sp³-hybridized carbons (Fsp3) is 0.571. The minimum Gasteiger partial charge on any atom is -0.383 e. The van der Waals surface area contributed by atoms with Crippen molar-refractivity contribution in [3.63, 3.8) is 0 Å². The molecule has 7 nitrogen and oxygen atoms in total. The molecule has 3 amide bonds. The van der Waals surface area contributed by atoms with E-state index in [4.69, 9.17) is 10.5 Å². The van der Waals surface area contributed by atoms with Crippen LogP contribution >= 0.6 is 0 Å². The standard InChI is InChI=1S/C21H33N3O4/c1-5-17(19(22)25)18(21(27)24(3)13-14-28-4)23-20(26)15(2)11-12-16-9-7-6-8-10-16/h6-10,15,17-18H,5,11-14H2,1-4H3,(H2,22,25)(H,23,26)/t15-,17-,18?/m1/s1. The van der Waals surface area contributed by atoms with Crippen LogP contribution < -0.4 is 11.1 Å². The summed E-state index contributed by atoms with van der Waals surface area (Å²) in [6.45, 7) is 4.32. The molecule has 0 bridgehead atoms. The third-order valence-electron chi connectivity index (χ3n) is 4.93. The molecule has 0 saturated carbocycles. The first-order valence-electron chi connectivity index (χ1n) is 9.69. The van der Waals surface area contributed by atoms with Crippen LogP contribution in [0, 0.1) is 11.8 Å². The van der Waals surface area contributed by atoms with Gasteiger partial charge in [0.25, 0.3) is 0 Å². The maximum atomic E-state index is 12.8. The number of amides is 3. The zero-order valence-electron chi connectivity index (χ0n) is 17.3. The van der Waals surface area contributed by atoms with E-state index >= 15 is 0 Å². The molecule has 0 heterocycles. The number of hydrogen-bond acceptors (Lipinski definition) is 4. The van der Waals surface area contributed by atoms with E-state index in [1.807, 2.05) is 37.3 Å². The molecule has 7 heteroatoms. The van der Waals surface area contributed by atoms with Gasteiger partial charge in [-0.05, 0) is 24.8 Å². The van der Waals surface area contributed by atoms with Crippen molar-refractivity contribution in [1.29, 1.82) is 0 Å². The summed E-state index contributed by atoms with van der Waals surface area (Å²) in [5.41, 5.74) is 6.64. The van der Waals surface area contributed by atoms with Crippen molar-refractivity contribution in [2.75, 3.05) is 27.3 Å². The molecule has 0 saturated heterocycles. The number of ether oxygens (including phenoxy) is 1. The summed E-state index contributed by atoms with van der Waals surface area (Å²) in [6, 6.07) is 8.93. The molecule has 3 atom stereocenters. The number of rotatable bonds is 12. The first kappa shape index (κ1) is 23.6. The SMILES string of the molecule is CC[C@@H](C(N)=O)C(NC(=O)[C@H](C)CCc1ccccc1)C(=O)N(C)CCOC. The average Bonchev–Trinajstić information content (AvgIpc) is 2.69. The van der Waals surface area contributed by atoms with E-state index in [2.05, 4.69) is 5.32 Å². The second kappa shape index (κ2) is 12.1. The lowest BCUT2D eigenvalue weighted by Crippen LogP contribution is -2.55. The van der Waals surface area contributed by atoms with Crippen LogP contribution in [0.3, 0.4) is 0 Å². The van der Waals surface area contributed by atoms with Crippen LogP contribution in [0.25, 0.3) is 0 Å². The van der Waals surface area contributed by atoms with Crippen molar-refractivity contribution in [2.24, 2.45) is 17.6 Å². The highest BCUT2D eigenvalue weighted by atomic mass is 16.5. The molecule has 1 rings (SSSR count). The van der Waals surface area contributed by atoms with Crippen LogP contribution in [0.4, 0.5) is 0 Å². The molecule has 0 aliphatic rings. The highest BCUT2D eigenvalue weighted by molar-refractivity contribution is 5.93. The lowest BCUT2D eigenvalue weighted by molar-refractivity contribution is -0.141. The summed E-state index contributed by atoms with van der Waals surface area (Å²) < 4.78 is 5.00. The van der Waals surface area contributed by atoms with Crippen LogP contribution in [0.15, 0.2) is 30.3 Å². The largest absolute Gasteiger partial charge is 0.383 e. The molecule has 0 radical (unpaired) electrons. The molecule has 0 spiro atoms. The van der Waals surface area contributed by atoms with Gasteiger partial charge in [-0.1, -0.05) is 44.2 Å². The van der Waals surface area contributed by atoms with Gasteiger partial charge < -0.3 is 20.7 Å². The molecule has 0 aliphatic heterocycles. The fourth-order valence-electron chi connectivity index (χ4n) is 2.97. The van der Waals surface area contributed by atoms with E-state index in [-0.39, 0.29) is 17.7 Å². The Labute approximate surface area is 167 Å². The third kappa shape index (κ3) is 7.31. The van der Waals surface area contributed by atoms with Gasteiger partial charge in [0, 0.05) is 26.6 Å². The maximum Gasteiger partial charge on any atom is 0.245 e. The molecule has 0 fully saturated rings. The van der Waals surface area contributed by atoms with Gasteiger partial charge in [-0.2, -0.15) is 0 Å². The Bertz CT molecular complexity index is 636. The van der Waals surface area contributed by atoms with Gasteiger partial charge in [-0.25, -0.2) is 0 Å². The number of carbonyl (C=O) groups excluding carboxylic acids is 3. The van der Waals surface area contributed by atoms with E-state index in [0.717, 1.165) is 12.0 Å². The third-order valence-corrected chi connectivity index (χ3v) is 4.93. The Balaban J connectivity index is 2.81. The number of methoxy groups -OCH3 is 1. The van der Waals surface area contributed by atoms with E-state index in [9.17, 15) is 14.4 Å². The summed E-state index contributed by atoms with van der Waals surface area (Å²) in [5.74, 6) is -2.26. The lowest BCUT2D eigenvalue weighted by atomic mass is 9.93. The summed E-state index contributed by atoms with van der Waals surface area (Å²) in [4.78, 5) is 38.8. The quantitative estimate of drug-likeness (QED) is 0.562. The van der Waals surface area contributed by atoms with Gasteiger partial charge in [0.05, 0.1) is 12.5 Å². The summed E-state index contributed by atoms with van der Waals surface area (Å²) in [7, 11) is 3.16. The molecule has 1 aromatic rings. The number of aryl methyl sites for hydroxylation is 1. The van der Waals surface area contributed by atoms with Crippen molar-refractivity contribution < 1.29 is 19.1 Å². The lowest BCUT2D eigenvalue weighted by Gasteiger charge is -2.29. The average molecular weight is 392 g/mol. The Hall–Kier alpha value is -2.41. The fourth-order valence-corrected chi connectivity index (χ4v) is 2.97. The van der Waals surface area contributed by atoms with Crippen LogP contribution in [-0.2, 0) is 25.5 Å². The topological polar surface area (TPSA) is 102 Å². The van der Waals surface area contributed by atoms with Crippen molar-refractivity contribution >= 4 is 17.7 Å². The highest BCUT2D eigenvalue weighted by Crippen LogP contribution is 2.14. The summed E-state index contributed by atoms with van der Waals surface area (Å²) in [6.07, 6.45) is 1.76. The number of carbonyl (C=O) groups is 3. The first-order chi connectivity index (χ1) is 13.3. The van der Waals surface area contributed by atoms with Crippen LogP contribution in [0.2, 0.25) is 0 Å². The predicted molar refractivity (Wildman–Crippen MR) is 108 cm³/mol. The minimum absolute atomic E-state index is 0.255. The Morgan fingerprint density at radius 2 is 1.86 bits per heavy atom. The Morgan fingerprint density at radius 1 is 1.21 bits per heavy atom. The zero-order chi connectivity index (χ0) is 21.1. The Kier molecular flexibility index (Phi) is 10.2. The molecule has 1 aromatic carbocycles. The molecule has 0 aliphatic carbocycles. The number of likely N-dealkylation sites (N-methyl/N-ethyl adjacent to an activating group) is 1. The van der Waals surface area contributed by atoms with E-state index in [1.54, 1.807) is 21.1 Å². The normalized spacial score (nSPS) is 14.0. The number of nitrogens with two attached hydrogens (primary N) is 1. The molecule has 3 N–H and O–H groups in total. The van der Waals surface area contributed by atoms with Crippen LogP contribution in [0.1, 0.15) is 32.3 Å². The Morgan fingerprint density at radius 3 is 2.39 bits per heavy atom. The van der Waals surface area contributed by atoms with Gasteiger partial charge in [0.1, 0.15) is 6.04 Å². The van der Waals surface area contributed by atoms with Crippen molar-refractivity contribution in [2.45, 2.75) is 39.2 Å². The first-order valence-corrected chi connectivity index (χ1v) is 9.69. The summed E-state index contributed by atoms with van der Waals surface area (Å²) >= 11 is 0. The molecule has 28 heavy (non-hydrogen) atoms. The second-order valence-corrected chi connectivity index (χ2v) is 7.08. The van der Waals surface area contributed by atoms with E-state index in [0.29, 0.717) is 26.0 Å². The monoisotopic (exact) mass is 391 g/mol. The van der Waals surface area contributed by atoms with Crippen molar-refractivity contribution in [1.82, 2.24) is 10.2 Å². The molecular weight excluding hydrogens is 358 g/mol. The number of nitrogens with zero attached hydrogens (tertiary/aromatic N) is 1. The maximum absolute atomic E-state index is 12.8. The van der Waals surface area contributed by atoms with E-state index in [1.165, 1.54) is 4.90 Å². The van der Waals surface area contributed by atoms with Gasteiger partial charge in [0.2, 0.25) is 17.7 Å². The van der Waals surface area contributed by atoms with Gasteiger partial charge >= 0.3 is 0 Å². The highest BCUT2D eigenvalue weighted by Gasteiger charge is 2.35. The number of primary amides is 1. The minimum atomic E-state index is -0.976. The van der Waals surface area contributed by atoms with E-state index < -0.39 is 17.9 Å². The number of benzene rings is 1. The molecular formula is C21H33N3O4.